The number of benzene rings is 2. The predicted molar refractivity (Wildman–Crippen MR) is 74.4 cm³/mol. The Morgan fingerprint density at radius 1 is 0.850 bits per heavy atom. The second-order valence-corrected chi connectivity index (χ2v) is 4.71. The number of nitrogens with one attached hydrogen (secondary N) is 1. The zero-order valence-electron chi connectivity index (χ0n) is 11.3. The minimum absolute atomic E-state index is 0.247. The van der Waals surface area contributed by atoms with Gasteiger partial charge in [-0.1, -0.05) is 36.4 Å². The fraction of sp³-hybridized carbons (Fsp3) is 0.250. The quantitative estimate of drug-likeness (QED) is 0.862. The largest absolute Gasteiger partial charge is 0.416 e. The Hall–Kier alpha value is -1.81. The van der Waals surface area contributed by atoms with Gasteiger partial charge in [-0.3, -0.25) is 0 Å². The van der Waals surface area contributed by atoms with Crippen molar-refractivity contribution in [2.75, 3.05) is 7.05 Å². The van der Waals surface area contributed by atoms with Gasteiger partial charge in [0, 0.05) is 6.04 Å². The van der Waals surface area contributed by atoms with Crippen LogP contribution in [0.25, 0.3) is 11.1 Å². The molecule has 1 N–H and O–H groups in total. The summed E-state index contributed by atoms with van der Waals surface area (Å²) in [5.74, 6) is 0. The normalized spacial score (nSPS) is 13.2. The second kappa shape index (κ2) is 5.67. The van der Waals surface area contributed by atoms with Gasteiger partial charge in [0.15, 0.2) is 0 Å². The number of rotatable bonds is 3. The number of halogens is 3. The van der Waals surface area contributed by atoms with Gasteiger partial charge in [0.2, 0.25) is 0 Å². The summed E-state index contributed by atoms with van der Waals surface area (Å²) < 4.78 is 37.5. The third-order valence-corrected chi connectivity index (χ3v) is 3.39. The van der Waals surface area contributed by atoms with Gasteiger partial charge in [-0.25, -0.2) is 0 Å². The Labute approximate surface area is 116 Å². The molecule has 2 rings (SSSR count). The molecule has 2 aromatic carbocycles. The summed E-state index contributed by atoms with van der Waals surface area (Å²) >= 11 is 0. The molecule has 2 aromatic rings. The molecule has 0 aliphatic rings. The van der Waals surface area contributed by atoms with Crippen molar-refractivity contribution in [2.24, 2.45) is 0 Å². The van der Waals surface area contributed by atoms with Gasteiger partial charge in [-0.2, -0.15) is 13.2 Å². The number of hydrogen-bond acceptors (Lipinski definition) is 1. The molecule has 0 fully saturated rings. The Kier molecular flexibility index (Phi) is 4.14. The first-order valence-electron chi connectivity index (χ1n) is 6.36. The highest BCUT2D eigenvalue weighted by Gasteiger charge is 2.29. The first-order chi connectivity index (χ1) is 9.41. The molecular weight excluding hydrogens is 263 g/mol. The van der Waals surface area contributed by atoms with E-state index >= 15 is 0 Å². The first kappa shape index (κ1) is 14.6. The van der Waals surface area contributed by atoms with Gasteiger partial charge in [0.1, 0.15) is 0 Å². The van der Waals surface area contributed by atoms with E-state index in [2.05, 4.69) is 5.32 Å². The fourth-order valence-corrected chi connectivity index (χ4v) is 1.98. The van der Waals surface area contributed by atoms with E-state index in [4.69, 9.17) is 0 Å². The van der Waals surface area contributed by atoms with E-state index in [0.29, 0.717) is 0 Å². The Morgan fingerprint density at radius 3 is 1.70 bits per heavy atom. The maximum Gasteiger partial charge on any atom is 0.416 e. The Balaban J connectivity index is 2.24. The molecule has 1 nitrogen and oxygen atoms in total. The summed E-state index contributed by atoms with van der Waals surface area (Å²) in [6.07, 6.45) is -4.29. The highest BCUT2D eigenvalue weighted by molar-refractivity contribution is 5.64. The van der Waals surface area contributed by atoms with Crippen LogP contribution in [0, 0.1) is 0 Å². The fourth-order valence-electron chi connectivity index (χ4n) is 1.98. The molecule has 0 amide bonds. The SMILES string of the molecule is CN[C@H](C)c1ccc(-c2ccc(C(F)(F)F)cc2)cc1. The highest BCUT2D eigenvalue weighted by Crippen LogP contribution is 2.31. The molecule has 0 aliphatic carbocycles. The lowest BCUT2D eigenvalue weighted by atomic mass is 10.0. The van der Waals surface area contributed by atoms with E-state index in [0.717, 1.165) is 28.8 Å². The lowest BCUT2D eigenvalue weighted by Gasteiger charge is -2.12. The summed E-state index contributed by atoms with van der Waals surface area (Å²) in [6, 6.07) is 13.3. The number of alkyl halides is 3. The molecule has 0 spiro atoms. The second-order valence-electron chi connectivity index (χ2n) is 4.71. The molecule has 1 atom stereocenters. The average molecular weight is 279 g/mol. The topological polar surface area (TPSA) is 12.0 Å². The minimum atomic E-state index is -4.29. The standard InChI is InChI=1S/C16H16F3N/c1-11(20-2)12-3-5-13(6-4-12)14-7-9-15(10-8-14)16(17,18)19/h3-11,20H,1-2H3/t11-/m1/s1. The van der Waals surface area contributed by atoms with Gasteiger partial charge in [0.05, 0.1) is 5.56 Å². The third kappa shape index (κ3) is 3.20. The lowest BCUT2D eigenvalue weighted by molar-refractivity contribution is -0.137. The van der Waals surface area contributed by atoms with Gasteiger partial charge in [-0.05, 0) is 42.8 Å². The Bertz CT molecular complexity index is 556. The zero-order chi connectivity index (χ0) is 14.8. The molecule has 4 heteroatoms. The molecule has 0 unspecified atom stereocenters. The van der Waals surface area contributed by atoms with Gasteiger partial charge in [0.25, 0.3) is 0 Å². The van der Waals surface area contributed by atoms with Crippen LogP contribution in [0.15, 0.2) is 48.5 Å². The van der Waals surface area contributed by atoms with Crippen molar-refractivity contribution in [3.05, 3.63) is 59.7 Å². The third-order valence-electron chi connectivity index (χ3n) is 3.39. The molecule has 20 heavy (non-hydrogen) atoms. The zero-order valence-corrected chi connectivity index (χ0v) is 11.3. The van der Waals surface area contributed by atoms with Crippen molar-refractivity contribution in [3.8, 4) is 11.1 Å². The van der Waals surface area contributed by atoms with E-state index < -0.39 is 11.7 Å². The summed E-state index contributed by atoms with van der Waals surface area (Å²) in [6.45, 7) is 2.05. The first-order valence-corrected chi connectivity index (χ1v) is 6.36. The van der Waals surface area contributed by atoms with Crippen molar-refractivity contribution >= 4 is 0 Å². The minimum Gasteiger partial charge on any atom is -0.313 e. The summed E-state index contributed by atoms with van der Waals surface area (Å²) in [5.41, 5.74) is 2.21. The smallest absolute Gasteiger partial charge is 0.313 e. The lowest BCUT2D eigenvalue weighted by Crippen LogP contribution is -2.11. The average Bonchev–Trinajstić information content (AvgIpc) is 2.46. The highest BCUT2D eigenvalue weighted by atomic mass is 19.4. The maximum atomic E-state index is 12.5. The van der Waals surface area contributed by atoms with E-state index in [1.54, 1.807) is 0 Å². The molecule has 0 bridgehead atoms. The predicted octanol–water partition coefficient (Wildman–Crippen LogP) is 4.65. The molecular formula is C16H16F3N. The van der Waals surface area contributed by atoms with Gasteiger partial charge < -0.3 is 5.32 Å². The van der Waals surface area contributed by atoms with Crippen molar-refractivity contribution in [1.29, 1.82) is 0 Å². The van der Waals surface area contributed by atoms with Crippen LogP contribution in [0.3, 0.4) is 0 Å². The molecule has 0 aromatic heterocycles. The van der Waals surface area contributed by atoms with Crippen LogP contribution in [-0.4, -0.2) is 7.05 Å². The molecule has 0 saturated carbocycles. The molecule has 0 heterocycles. The Morgan fingerprint density at radius 2 is 1.30 bits per heavy atom. The summed E-state index contributed by atoms with van der Waals surface area (Å²) in [7, 11) is 1.88. The van der Waals surface area contributed by atoms with E-state index in [1.807, 2.05) is 38.2 Å². The van der Waals surface area contributed by atoms with Crippen molar-refractivity contribution < 1.29 is 13.2 Å². The van der Waals surface area contributed by atoms with Crippen LogP contribution in [0.4, 0.5) is 13.2 Å². The van der Waals surface area contributed by atoms with E-state index in [9.17, 15) is 13.2 Å². The van der Waals surface area contributed by atoms with Crippen LogP contribution in [0.5, 0.6) is 0 Å². The van der Waals surface area contributed by atoms with Crippen molar-refractivity contribution in [2.45, 2.75) is 19.1 Å². The van der Waals surface area contributed by atoms with E-state index in [-0.39, 0.29) is 6.04 Å². The van der Waals surface area contributed by atoms with Gasteiger partial charge >= 0.3 is 6.18 Å². The number of hydrogen-bond donors (Lipinski definition) is 1. The maximum absolute atomic E-state index is 12.5. The summed E-state index contributed by atoms with van der Waals surface area (Å²) in [4.78, 5) is 0. The van der Waals surface area contributed by atoms with Crippen LogP contribution < -0.4 is 5.32 Å². The van der Waals surface area contributed by atoms with Crippen molar-refractivity contribution in [3.63, 3.8) is 0 Å². The molecule has 0 aliphatic heterocycles. The molecule has 0 saturated heterocycles. The molecule has 106 valence electrons. The molecule has 0 radical (unpaired) electrons. The monoisotopic (exact) mass is 279 g/mol. The van der Waals surface area contributed by atoms with Crippen LogP contribution >= 0.6 is 0 Å². The van der Waals surface area contributed by atoms with Gasteiger partial charge in [-0.15, -0.1) is 0 Å². The van der Waals surface area contributed by atoms with Crippen molar-refractivity contribution in [1.82, 2.24) is 5.32 Å². The van der Waals surface area contributed by atoms with Crippen LogP contribution in [0.2, 0.25) is 0 Å². The van der Waals surface area contributed by atoms with E-state index in [1.165, 1.54) is 12.1 Å². The van der Waals surface area contributed by atoms with Crippen LogP contribution in [0.1, 0.15) is 24.1 Å². The summed E-state index contributed by atoms with van der Waals surface area (Å²) in [5, 5.41) is 3.14. The van der Waals surface area contributed by atoms with Crippen LogP contribution in [-0.2, 0) is 6.18 Å².